The van der Waals surface area contributed by atoms with E-state index in [1.165, 1.54) is 19.1 Å². The summed E-state index contributed by atoms with van der Waals surface area (Å²) >= 11 is 0. The highest BCUT2D eigenvalue weighted by atomic mass is 19.1. The van der Waals surface area contributed by atoms with E-state index in [0.29, 0.717) is 13.2 Å². The highest BCUT2D eigenvalue weighted by molar-refractivity contribution is 5.65. The van der Waals surface area contributed by atoms with Crippen molar-refractivity contribution in [3.05, 3.63) is 35.6 Å². The van der Waals surface area contributed by atoms with Crippen LogP contribution in [0.25, 0.3) is 0 Å². The van der Waals surface area contributed by atoms with Crippen LogP contribution in [-0.2, 0) is 16.1 Å². The van der Waals surface area contributed by atoms with E-state index in [4.69, 9.17) is 4.74 Å². The van der Waals surface area contributed by atoms with E-state index in [1.54, 1.807) is 12.1 Å². The van der Waals surface area contributed by atoms with Gasteiger partial charge in [-0.3, -0.25) is 4.79 Å². The maximum Gasteiger partial charge on any atom is 0.302 e. The zero-order valence-electron chi connectivity index (χ0n) is 10.4. The molecule has 0 atom stereocenters. The second kappa shape index (κ2) is 5.77. The largest absolute Gasteiger partial charge is 0.464 e. The molecule has 3 nitrogen and oxygen atoms in total. The lowest BCUT2D eigenvalue weighted by atomic mass is 10.1. The Bertz CT molecular complexity index is 374. The van der Waals surface area contributed by atoms with Gasteiger partial charge in [-0.25, -0.2) is 4.39 Å². The minimum atomic E-state index is -0.305. The Morgan fingerprint density at radius 2 is 1.94 bits per heavy atom. The summed E-state index contributed by atoms with van der Waals surface area (Å²) < 4.78 is 17.6. The van der Waals surface area contributed by atoms with E-state index in [1.807, 2.05) is 13.8 Å². The quantitative estimate of drug-likeness (QED) is 0.801. The molecule has 0 spiro atoms. The van der Waals surface area contributed by atoms with E-state index in [2.05, 4.69) is 5.32 Å². The summed E-state index contributed by atoms with van der Waals surface area (Å²) in [7, 11) is 0. The second-order valence-electron chi connectivity index (χ2n) is 4.64. The molecule has 4 heteroatoms. The van der Waals surface area contributed by atoms with Crippen LogP contribution in [0.4, 0.5) is 4.39 Å². The Labute approximate surface area is 101 Å². The van der Waals surface area contributed by atoms with Crippen LogP contribution in [0.2, 0.25) is 0 Å². The molecule has 17 heavy (non-hydrogen) atoms. The van der Waals surface area contributed by atoms with Crippen LogP contribution in [0.15, 0.2) is 24.3 Å². The molecule has 0 saturated heterocycles. The van der Waals surface area contributed by atoms with Crippen molar-refractivity contribution >= 4 is 5.97 Å². The number of hydrogen-bond donors (Lipinski definition) is 1. The van der Waals surface area contributed by atoms with Gasteiger partial charge in [0.15, 0.2) is 0 Å². The van der Waals surface area contributed by atoms with Crippen molar-refractivity contribution in [1.82, 2.24) is 5.32 Å². The first-order valence-corrected chi connectivity index (χ1v) is 5.52. The highest BCUT2D eigenvalue weighted by Crippen LogP contribution is 2.07. The van der Waals surface area contributed by atoms with Crippen LogP contribution in [0.3, 0.4) is 0 Å². The number of halogens is 1. The molecule has 1 N–H and O–H groups in total. The SMILES string of the molecule is CC(=O)OCC(C)(C)NCc1ccc(F)cc1. The maximum absolute atomic E-state index is 12.7. The molecule has 0 aliphatic rings. The van der Waals surface area contributed by atoms with Crippen LogP contribution >= 0.6 is 0 Å². The van der Waals surface area contributed by atoms with Gasteiger partial charge in [-0.2, -0.15) is 0 Å². The molecule has 0 aromatic heterocycles. The fourth-order valence-corrected chi connectivity index (χ4v) is 1.28. The number of benzene rings is 1. The fourth-order valence-electron chi connectivity index (χ4n) is 1.28. The molecule has 0 aliphatic carbocycles. The van der Waals surface area contributed by atoms with Crippen LogP contribution in [0.1, 0.15) is 26.3 Å². The number of carbonyl (C=O) groups is 1. The lowest BCUT2D eigenvalue weighted by Crippen LogP contribution is -2.43. The van der Waals surface area contributed by atoms with Crippen LogP contribution in [0.5, 0.6) is 0 Å². The van der Waals surface area contributed by atoms with Crippen molar-refractivity contribution in [1.29, 1.82) is 0 Å². The fraction of sp³-hybridized carbons (Fsp3) is 0.462. The first kappa shape index (κ1) is 13.6. The van der Waals surface area contributed by atoms with Gasteiger partial charge in [-0.05, 0) is 31.5 Å². The number of esters is 1. The van der Waals surface area contributed by atoms with E-state index in [9.17, 15) is 9.18 Å². The summed E-state index contributed by atoms with van der Waals surface area (Å²) in [5.41, 5.74) is 0.683. The Morgan fingerprint density at radius 3 is 2.47 bits per heavy atom. The van der Waals surface area contributed by atoms with Crippen molar-refractivity contribution in [2.24, 2.45) is 0 Å². The Hall–Kier alpha value is -1.42. The summed E-state index contributed by atoms with van der Waals surface area (Å²) in [4.78, 5) is 10.7. The standard InChI is InChI=1S/C13H18FNO2/c1-10(16)17-9-13(2,3)15-8-11-4-6-12(14)7-5-11/h4-7,15H,8-9H2,1-3H3. The third-order valence-electron chi connectivity index (χ3n) is 2.32. The first-order chi connectivity index (χ1) is 7.89. The second-order valence-corrected chi connectivity index (χ2v) is 4.64. The van der Waals surface area contributed by atoms with E-state index in [0.717, 1.165) is 5.56 Å². The number of hydrogen-bond acceptors (Lipinski definition) is 3. The average molecular weight is 239 g/mol. The summed E-state index contributed by atoms with van der Waals surface area (Å²) in [5, 5.41) is 3.25. The molecule has 0 amide bonds. The van der Waals surface area contributed by atoms with Gasteiger partial charge in [-0.15, -0.1) is 0 Å². The van der Waals surface area contributed by atoms with E-state index < -0.39 is 0 Å². The Balaban J connectivity index is 2.43. The lowest BCUT2D eigenvalue weighted by molar-refractivity contribution is -0.142. The zero-order chi connectivity index (χ0) is 12.9. The van der Waals surface area contributed by atoms with Gasteiger partial charge < -0.3 is 10.1 Å². The molecule has 0 bridgehead atoms. The normalized spacial score (nSPS) is 11.3. The molecule has 1 rings (SSSR count). The maximum atomic E-state index is 12.7. The van der Waals surface area contributed by atoms with Gasteiger partial charge in [0.05, 0.1) is 0 Å². The number of rotatable bonds is 5. The smallest absolute Gasteiger partial charge is 0.302 e. The summed E-state index contributed by atoms with van der Waals surface area (Å²) in [6, 6.07) is 6.31. The van der Waals surface area contributed by atoms with Crippen molar-refractivity contribution in [3.8, 4) is 0 Å². The molecule has 0 saturated carbocycles. The topological polar surface area (TPSA) is 38.3 Å². The third kappa shape index (κ3) is 5.45. The van der Waals surface area contributed by atoms with Gasteiger partial charge in [-0.1, -0.05) is 12.1 Å². The number of ether oxygens (including phenoxy) is 1. The monoisotopic (exact) mass is 239 g/mol. The first-order valence-electron chi connectivity index (χ1n) is 5.52. The Kier molecular flexibility index (Phi) is 4.63. The van der Waals surface area contributed by atoms with Crippen LogP contribution in [0, 0.1) is 5.82 Å². The summed E-state index contributed by atoms with van der Waals surface area (Å²) in [6.07, 6.45) is 0. The van der Waals surface area contributed by atoms with Crippen molar-refractivity contribution in [3.63, 3.8) is 0 Å². The summed E-state index contributed by atoms with van der Waals surface area (Å²) in [5.74, 6) is -0.533. The number of nitrogens with one attached hydrogen (secondary N) is 1. The average Bonchev–Trinajstić information content (AvgIpc) is 2.26. The third-order valence-corrected chi connectivity index (χ3v) is 2.32. The molecule has 0 heterocycles. The molecule has 0 aliphatic heterocycles. The molecule has 0 fully saturated rings. The van der Waals surface area contributed by atoms with Gasteiger partial charge in [0.25, 0.3) is 0 Å². The highest BCUT2D eigenvalue weighted by Gasteiger charge is 2.18. The van der Waals surface area contributed by atoms with Gasteiger partial charge in [0, 0.05) is 19.0 Å². The molecular formula is C13H18FNO2. The minimum Gasteiger partial charge on any atom is -0.464 e. The van der Waals surface area contributed by atoms with Crippen LogP contribution in [-0.4, -0.2) is 18.1 Å². The molecule has 1 aromatic rings. The van der Waals surface area contributed by atoms with E-state index in [-0.39, 0.29) is 17.3 Å². The molecular weight excluding hydrogens is 221 g/mol. The number of carbonyl (C=O) groups excluding carboxylic acids is 1. The molecule has 0 radical (unpaired) electrons. The van der Waals surface area contributed by atoms with Crippen LogP contribution < -0.4 is 5.32 Å². The van der Waals surface area contributed by atoms with Gasteiger partial charge in [0.2, 0.25) is 0 Å². The molecule has 1 aromatic carbocycles. The van der Waals surface area contributed by atoms with Gasteiger partial charge >= 0.3 is 5.97 Å². The predicted octanol–water partition coefficient (Wildman–Crippen LogP) is 2.26. The minimum absolute atomic E-state index is 0.243. The van der Waals surface area contributed by atoms with Crippen molar-refractivity contribution < 1.29 is 13.9 Å². The summed E-state index contributed by atoms with van der Waals surface area (Å²) in [6.45, 7) is 6.19. The van der Waals surface area contributed by atoms with Crippen molar-refractivity contribution in [2.75, 3.05) is 6.61 Å². The van der Waals surface area contributed by atoms with Crippen molar-refractivity contribution in [2.45, 2.75) is 32.9 Å². The molecule has 94 valence electrons. The Morgan fingerprint density at radius 1 is 1.35 bits per heavy atom. The van der Waals surface area contributed by atoms with E-state index >= 15 is 0 Å². The van der Waals surface area contributed by atoms with Gasteiger partial charge in [0.1, 0.15) is 12.4 Å². The predicted molar refractivity (Wildman–Crippen MR) is 64.0 cm³/mol. The molecule has 0 unspecified atom stereocenters. The lowest BCUT2D eigenvalue weighted by Gasteiger charge is -2.25. The zero-order valence-corrected chi connectivity index (χ0v) is 10.4.